The number of rotatable bonds is 10. The van der Waals surface area contributed by atoms with Crippen molar-refractivity contribution < 1.29 is 0 Å². The van der Waals surface area contributed by atoms with Crippen molar-refractivity contribution in [2.45, 2.75) is 27.2 Å². The highest BCUT2D eigenvalue weighted by Crippen LogP contribution is 2.45. The molecule has 1 nitrogen and oxygen atoms in total. The van der Waals surface area contributed by atoms with E-state index in [9.17, 15) is 0 Å². The van der Waals surface area contributed by atoms with Gasteiger partial charge in [-0.2, -0.15) is 0 Å². The second-order valence-corrected chi connectivity index (χ2v) is 16.5. The van der Waals surface area contributed by atoms with E-state index in [2.05, 4.69) is 221 Å². The van der Waals surface area contributed by atoms with Gasteiger partial charge in [0.25, 0.3) is 0 Å². The smallest absolute Gasteiger partial charge is 0.0540 e. The summed E-state index contributed by atoms with van der Waals surface area (Å²) in [6.07, 6.45) is 16.0. The van der Waals surface area contributed by atoms with Crippen LogP contribution in [0.5, 0.6) is 0 Å². The molecular weight excluding hydrogens is 743 g/mol. The number of nitrogens with zero attached hydrogens (tertiary/aromatic N) is 1. The topological polar surface area (TPSA) is 3.24 Å². The summed E-state index contributed by atoms with van der Waals surface area (Å²) in [6, 6.07) is 55.3. The van der Waals surface area contributed by atoms with E-state index in [0.29, 0.717) is 0 Å². The van der Waals surface area contributed by atoms with Crippen LogP contribution in [0.15, 0.2) is 207 Å². The number of fused-ring (bicyclic) bond motifs is 4. The number of thiophene rings is 1. The molecule has 7 aromatic carbocycles. The van der Waals surface area contributed by atoms with Crippen LogP contribution in [0.2, 0.25) is 0 Å². The third-order valence-corrected chi connectivity index (χ3v) is 12.9. The Kier molecular flexibility index (Phi) is 10.7. The quantitative estimate of drug-likeness (QED) is 0.125. The maximum absolute atomic E-state index is 4.55. The molecule has 2 heteroatoms. The van der Waals surface area contributed by atoms with Gasteiger partial charge in [0.05, 0.1) is 5.69 Å². The van der Waals surface area contributed by atoms with Gasteiger partial charge in [-0.05, 0) is 129 Å². The van der Waals surface area contributed by atoms with E-state index in [1.807, 2.05) is 23.5 Å². The molecule has 0 radical (unpaired) electrons. The summed E-state index contributed by atoms with van der Waals surface area (Å²) in [6.45, 7) is 15.3. The summed E-state index contributed by atoms with van der Waals surface area (Å²) in [7, 11) is 0. The van der Waals surface area contributed by atoms with Crippen molar-refractivity contribution in [3.05, 3.63) is 240 Å². The van der Waals surface area contributed by atoms with Gasteiger partial charge in [-0.3, -0.25) is 0 Å². The van der Waals surface area contributed by atoms with Gasteiger partial charge in [0.15, 0.2) is 0 Å². The third-order valence-electron chi connectivity index (χ3n) is 11.6. The minimum Gasteiger partial charge on any atom is -0.310 e. The zero-order chi connectivity index (χ0) is 41.2. The SMILES string of the molecule is C=C/C(=C(\C=C/C)C(=C)c1ccccc1)c1cc(-c2ccc(N(c3ccc(-c4cccc5c6c(sc45)CC=CC=C6)cc3)c3cccc(C)c3)c3ccccc23)ccc1C. The number of hydrogen-bond donors (Lipinski definition) is 0. The summed E-state index contributed by atoms with van der Waals surface area (Å²) < 4.78 is 1.35. The molecule has 0 amide bonds. The van der Waals surface area contributed by atoms with Gasteiger partial charge in [-0.25, -0.2) is 0 Å². The molecule has 8 aromatic rings. The van der Waals surface area contributed by atoms with Crippen LogP contribution in [0.4, 0.5) is 17.1 Å². The highest BCUT2D eigenvalue weighted by atomic mass is 32.1. The maximum atomic E-state index is 4.55. The average molecular weight is 790 g/mol. The fraction of sp³-hybridized carbons (Fsp3) is 0.0690. The molecule has 1 aliphatic carbocycles. The van der Waals surface area contributed by atoms with Crippen LogP contribution < -0.4 is 4.90 Å². The molecule has 290 valence electrons. The van der Waals surface area contributed by atoms with E-state index in [-0.39, 0.29) is 0 Å². The van der Waals surface area contributed by atoms with Gasteiger partial charge in [0.2, 0.25) is 0 Å². The van der Waals surface area contributed by atoms with Crippen LogP contribution >= 0.6 is 11.3 Å². The summed E-state index contributed by atoms with van der Waals surface area (Å²) in [4.78, 5) is 3.83. The lowest BCUT2D eigenvalue weighted by atomic mass is 9.87. The Bertz CT molecular complexity index is 3060. The van der Waals surface area contributed by atoms with Crippen molar-refractivity contribution in [2.24, 2.45) is 0 Å². The fourth-order valence-electron chi connectivity index (χ4n) is 8.63. The normalized spacial score (nSPS) is 12.7. The van der Waals surface area contributed by atoms with Crippen molar-refractivity contribution in [1.29, 1.82) is 0 Å². The molecule has 0 atom stereocenters. The molecule has 1 heterocycles. The summed E-state index contributed by atoms with van der Waals surface area (Å²) >= 11 is 1.92. The van der Waals surface area contributed by atoms with Gasteiger partial charge >= 0.3 is 0 Å². The van der Waals surface area contributed by atoms with Crippen molar-refractivity contribution in [3.8, 4) is 22.3 Å². The number of allylic oxidation sites excluding steroid dienone is 9. The Balaban J connectivity index is 1.15. The van der Waals surface area contributed by atoms with Gasteiger partial charge in [0.1, 0.15) is 0 Å². The Labute approximate surface area is 358 Å². The van der Waals surface area contributed by atoms with Gasteiger partial charge < -0.3 is 4.90 Å². The van der Waals surface area contributed by atoms with Crippen molar-refractivity contribution in [2.75, 3.05) is 4.90 Å². The van der Waals surface area contributed by atoms with Crippen LogP contribution in [0.25, 0.3) is 60.3 Å². The molecule has 1 aromatic heterocycles. The molecule has 0 aliphatic heterocycles. The van der Waals surface area contributed by atoms with E-state index in [0.717, 1.165) is 56.9 Å². The summed E-state index contributed by atoms with van der Waals surface area (Å²) in [5.74, 6) is 0. The molecule has 60 heavy (non-hydrogen) atoms. The molecule has 0 N–H and O–H groups in total. The monoisotopic (exact) mass is 789 g/mol. The van der Waals surface area contributed by atoms with Gasteiger partial charge in [-0.1, -0.05) is 171 Å². The third kappa shape index (κ3) is 7.21. The lowest BCUT2D eigenvalue weighted by Gasteiger charge is -2.28. The van der Waals surface area contributed by atoms with Crippen molar-refractivity contribution in [1.82, 2.24) is 0 Å². The Morgan fingerprint density at radius 3 is 2.20 bits per heavy atom. The van der Waals surface area contributed by atoms with Crippen LogP contribution in [0, 0.1) is 13.8 Å². The standard InChI is InChI=1S/C58H47NS/c1-6-18-48(41(5)42-20-10-8-11-21-42)47(7-2)55-38-44(30-29-40(55)4)49-35-36-56(52-24-15-14-23-51(49)52)59(46-22-16-19-39(3)37-46)45-33-31-43(32-34-45)50-26-17-27-54-53-25-12-9-13-28-57(53)60-58(50)54/h6-27,29-38H,2,5,28H2,1,3-4H3/b18-6-,48-47-. The molecule has 9 rings (SSSR count). The minimum absolute atomic E-state index is 0.971. The molecule has 0 saturated carbocycles. The lowest BCUT2D eigenvalue weighted by molar-refractivity contribution is 1.28. The fourth-order valence-corrected chi connectivity index (χ4v) is 9.93. The molecule has 0 fully saturated rings. The van der Waals surface area contributed by atoms with Crippen LogP contribution in [0.1, 0.15) is 39.6 Å². The zero-order valence-electron chi connectivity index (χ0n) is 34.5. The Morgan fingerprint density at radius 2 is 1.42 bits per heavy atom. The molecule has 0 spiro atoms. The highest BCUT2D eigenvalue weighted by molar-refractivity contribution is 7.20. The Hall–Kier alpha value is -7.00. The summed E-state index contributed by atoms with van der Waals surface area (Å²) in [5.41, 5.74) is 17.3. The van der Waals surface area contributed by atoms with E-state index in [1.54, 1.807) is 0 Å². The second-order valence-electron chi connectivity index (χ2n) is 15.4. The first-order chi connectivity index (χ1) is 29.4. The highest BCUT2D eigenvalue weighted by Gasteiger charge is 2.20. The molecule has 0 saturated heterocycles. The number of anilines is 3. The molecule has 0 bridgehead atoms. The predicted octanol–water partition coefficient (Wildman–Crippen LogP) is 16.8. The average Bonchev–Trinajstić information content (AvgIpc) is 3.47. The largest absolute Gasteiger partial charge is 0.310 e. The van der Waals surface area contributed by atoms with Gasteiger partial charge in [0, 0.05) is 38.1 Å². The van der Waals surface area contributed by atoms with Gasteiger partial charge in [-0.15, -0.1) is 11.3 Å². The number of aryl methyl sites for hydroxylation is 2. The first-order valence-corrected chi connectivity index (χ1v) is 21.5. The van der Waals surface area contributed by atoms with E-state index in [1.165, 1.54) is 59.1 Å². The maximum Gasteiger partial charge on any atom is 0.0540 e. The lowest BCUT2D eigenvalue weighted by Crippen LogP contribution is -2.10. The van der Waals surface area contributed by atoms with E-state index in [4.69, 9.17) is 0 Å². The van der Waals surface area contributed by atoms with Crippen LogP contribution in [0.3, 0.4) is 0 Å². The number of benzene rings is 7. The Morgan fingerprint density at radius 1 is 0.667 bits per heavy atom. The van der Waals surface area contributed by atoms with E-state index >= 15 is 0 Å². The van der Waals surface area contributed by atoms with Crippen LogP contribution in [-0.4, -0.2) is 0 Å². The van der Waals surface area contributed by atoms with Crippen LogP contribution in [-0.2, 0) is 6.42 Å². The summed E-state index contributed by atoms with van der Waals surface area (Å²) in [5, 5.41) is 3.71. The predicted molar refractivity (Wildman–Crippen MR) is 264 cm³/mol. The molecular formula is C58H47NS. The molecule has 0 unspecified atom stereocenters. The molecule has 1 aliphatic rings. The van der Waals surface area contributed by atoms with E-state index < -0.39 is 0 Å². The van der Waals surface area contributed by atoms with Crippen molar-refractivity contribution >= 4 is 66.5 Å². The zero-order valence-corrected chi connectivity index (χ0v) is 35.3. The first-order valence-electron chi connectivity index (χ1n) is 20.7. The first kappa shape index (κ1) is 38.5. The second kappa shape index (κ2) is 16.7. The minimum atomic E-state index is 0.971. The van der Waals surface area contributed by atoms with Crippen molar-refractivity contribution in [3.63, 3.8) is 0 Å². The number of hydrogen-bond acceptors (Lipinski definition) is 2.